The molecule has 0 unspecified atom stereocenters. The van der Waals surface area contributed by atoms with Crippen molar-refractivity contribution in [1.29, 1.82) is 0 Å². The molecule has 1 aromatic rings. The van der Waals surface area contributed by atoms with E-state index in [4.69, 9.17) is 9.47 Å². The molecule has 0 aromatic heterocycles. The van der Waals surface area contributed by atoms with Crippen molar-refractivity contribution in [2.45, 2.75) is 25.1 Å². The van der Waals surface area contributed by atoms with E-state index in [-0.39, 0.29) is 31.7 Å². The van der Waals surface area contributed by atoms with E-state index in [9.17, 15) is 13.2 Å². The summed E-state index contributed by atoms with van der Waals surface area (Å²) in [6.07, 6.45) is -4.86. The second kappa shape index (κ2) is 7.59. The highest BCUT2D eigenvalue weighted by molar-refractivity contribution is 5.85. The summed E-state index contributed by atoms with van der Waals surface area (Å²) in [6, 6.07) is 5.18. The Kier molecular flexibility index (Phi) is 6.00. The Morgan fingerprint density at radius 2 is 1.83 bits per heavy atom. The molecule has 0 radical (unpaired) electrons. The van der Waals surface area contributed by atoms with Crippen molar-refractivity contribution in [3.8, 4) is 11.5 Å². The van der Waals surface area contributed by atoms with Crippen LogP contribution in [-0.2, 0) is 0 Å². The Morgan fingerprint density at radius 3 is 2.52 bits per heavy atom. The highest BCUT2D eigenvalue weighted by Gasteiger charge is 2.31. The molecule has 23 heavy (non-hydrogen) atoms. The molecule has 2 aliphatic rings. The molecule has 1 fully saturated rings. The highest BCUT2D eigenvalue weighted by atomic mass is 35.5. The highest BCUT2D eigenvalue weighted by Crippen LogP contribution is 2.38. The van der Waals surface area contributed by atoms with Crippen LogP contribution >= 0.6 is 12.4 Å². The van der Waals surface area contributed by atoms with Gasteiger partial charge in [0.25, 0.3) is 0 Å². The molecule has 0 aliphatic carbocycles. The standard InChI is InChI=1S/C15H19F3N2O2.ClH/c16-15(17,18)4-3-12(20-7-5-19-6-8-20)11-1-2-13-14(9-11)22-10-21-13;/h1-2,9,12,19H,3-8,10H2;1H/t12-;/m0./s1. The van der Waals surface area contributed by atoms with Crippen LogP contribution in [0.15, 0.2) is 18.2 Å². The van der Waals surface area contributed by atoms with Gasteiger partial charge < -0.3 is 14.8 Å². The van der Waals surface area contributed by atoms with Crippen LogP contribution in [0, 0.1) is 0 Å². The fraction of sp³-hybridized carbons (Fsp3) is 0.600. The Bertz CT molecular complexity index is 522. The second-order valence-corrected chi connectivity index (χ2v) is 5.57. The van der Waals surface area contributed by atoms with E-state index in [2.05, 4.69) is 10.2 Å². The Balaban J connectivity index is 0.00000192. The molecule has 0 spiro atoms. The number of hydrogen-bond acceptors (Lipinski definition) is 4. The van der Waals surface area contributed by atoms with Gasteiger partial charge in [-0.05, 0) is 24.1 Å². The molecule has 3 rings (SSSR count). The number of nitrogens with zero attached hydrogens (tertiary/aromatic N) is 1. The smallest absolute Gasteiger partial charge is 0.389 e. The Hall–Kier alpha value is -1.18. The van der Waals surface area contributed by atoms with Crippen molar-refractivity contribution < 1.29 is 22.6 Å². The number of hydrogen-bond donors (Lipinski definition) is 1. The number of nitrogens with one attached hydrogen (secondary N) is 1. The molecule has 1 atom stereocenters. The lowest BCUT2D eigenvalue weighted by molar-refractivity contribution is -0.138. The summed E-state index contributed by atoms with van der Waals surface area (Å²) in [5.74, 6) is 1.27. The van der Waals surface area contributed by atoms with Crippen LogP contribution in [0.25, 0.3) is 0 Å². The average molecular weight is 353 g/mol. The molecule has 0 bridgehead atoms. The van der Waals surface area contributed by atoms with Gasteiger partial charge in [-0.3, -0.25) is 4.90 Å². The van der Waals surface area contributed by atoms with Gasteiger partial charge in [-0.2, -0.15) is 13.2 Å². The first-order valence-electron chi connectivity index (χ1n) is 7.44. The molecule has 2 heterocycles. The quantitative estimate of drug-likeness (QED) is 0.902. The van der Waals surface area contributed by atoms with Gasteiger partial charge in [-0.1, -0.05) is 6.07 Å². The average Bonchev–Trinajstić information content (AvgIpc) is 2.95. The zero-order chi connectivity index (χ0) is 15.6. The topological polar surface area (TPSA) is 33.7 Å². The maximum atomic E-state index is 12.6. The number of rotatable bonds is 4. The van der Waals surface area contributed by atoms with E-state index >= 15 is 0 Å². The van der Waals surface area contributed by atoms with Crippen molar-refractivity contribution in [1.82, 2.24) is 10.2 Å². The van der Waals surface area contributed by atoms with Crippen LogP contribution < -0.4 is 14.8 Å². The van der Waals surface area contributed by atoms with E-state index in [1.807, 2.05) is 12.1 Å². The summed E-state index contributed by atoms with van der Waals surface area (Å²) in [7, 11) is 0. The summed E-state index contributed by atoms with van der Waals surface area (Å²) >= 11 is 0. The predicted octanol–water partition coefficient (Wildman–Crippen LogP) is 3.13. The zero-order valence-electron chi connectivity index (χ0n) is 12.6. The minimum Gasteiger partial charge on any atom is -0.454 e. The number of benzene rings is 1. The number of fused-ring (bicyclic) bond motifs is 1. The van der Waals surface area contributed by atoms with Crippen LogP contribution in [0.1, 0.15) is 24.4 Å². The Morgan fingerprint density at radius 1 is 1.13 bits per heavy atom. The van der Waals surface area contributed by atoms with Gasteiger partial charge in [0.05, 0.1) is 0 Å². The van der Waals surface area contributed by atoms with Gasteiger partial charge in [0.15, 0.2) is 11.5 Å². The SMILES string of the molecule is Cl.FC(F)(F)CC[C@@H](c1ccc2c(c1)OCO2)N1CCNCC1. The fourth-order valence-corrected chi connectivity index (χ4v) is 2.97. The monoisotopic (exact) mass is 352 g/mol. The third-order valence-electron chi connectivity index (χ3n) is 4.08. The van der Waals surface area contributed by atoms with Gasteiger partial charge in [0, 0.05) is 38.6 Å². The van der Waals surface area contributed by atoms with Crippen molar-refractivity contribution >= 4 is 12.4 Å². The lowest BCUT2D eigenvalue weighted by Gasteiger charge is -2.35. The lowest BCUT2D eigenvalue weighted by Crippen LogP contribution is -2.45. The fourth-order valence-electron chi connectivity index (χ4n) is 2.97. The van der Waals surface area contributed by atoms with E-state index in [1.54, 1.807) is 6.07 Å². The third-order valence-corrected chi connectivity index (χ3v) is 4.08. The van der Waals surface area contributed by atoms with Crippen molar-refractivity contribution in [3.63, 3.8) is 0 Å². The van der Waals surface area contributed by atoms with Crippen LogP contribution in [0.2, 0.25) is 0 Å². The van der Waals surface area contributed by atoms with E-state index in [0.717, 1.165) is 31.7 Å². The molecular weight excluding hydrogens is 333 g/mol. The van der Waals surface area contributed by atoms with Gasteiger partial charge in [0.1, 0.15) is 0 Å². The molecule has 8 heteroatoms. The second-order valence-electron chi connectivity index (χ2n) is 5.57. The predicted molar refractivity (Wildman–Crippen MR) is 82.3 cm³/mol. The largest absolute Gasteiger partial charge is 0.454 e. The van der Waals surface area contributed by atoms with Crippen molar-refractivity contribution in [3.05, 3.63) is 23.8 Å². The summed E-state index contributed by atoms with van der Waals surface area (Å²) in [5, 5.41) is 3.23. The minimum atomic E-state index is -4.14. The van der Waals surface area contributed by atoms with Gasteiger partial charge >= 0.3 is 6.18 Å². The van der Waals surface area contributed by atoms with Gasteiger partial charge in [-0.25, -0.2) is 0 Å². The lowest BCUT2D eigenvalue weighted by atomic mass is 9.98. The van der Waals surface area contributed by atoms with Gasteiger partial charge in [-0.15, -0.1) is 12.4 Å². The number of halogens is 4. The van der Waals surface area contributed by atoms with Crippen LogP contribution in [0.3, 0.4) is 0 Å². The van der Waals surface area contributed by atoms with Crippen molar-refractivity contribution in [2.75, 3.05) is 33.0 Å². The first kappa shape index (κ1) is 18.2. The molecule has 0 amide bonds. The first-order valence-corrected chi connectivity index (χ1v) is 7.44. The maximum absolute atomic E-state index is 12.6. The summed E-state index contributed by atoms with van der Waals surface area (Å²) in [5.41, 5.74) is 0.857. The van der Waals surface area contributed by atoms with E-state index in [0.29, 0.717) is 11.5 Å². The molecule has 0 saturated carbocycles. The summed E-state index contributed by atoms with van der Waals surface area (Å²) < 4.78 is 48.5. The van der Waals surface area contributed by atoms with E-state index < -0.39 is 12.6 Å². The molecule has 4 nitrogen and oxygen atoms in total. The normalized spacial score (nSPS) is 19.3. The molecule has 130 valence electrons. The molecule has 1 aromatic carbocycles. The first-order chi connectivity index (χ1) is 10.5. The Labute approximate surface area is 139 Å². The summed E-state index contributed by atoms with van der Waals surface area (Å²) in [6.45, 7) is 3.26. The molecule has 1 saturated heterocycles. The number of piperazine rings is 1. The van der Waals surface area contributed by atoms with Crippen molar-refractivity contribution in [2.24, 2.45) is 0 Å². The van der Waals surface area contributed by atoms with Crippen LogP contribution in [0.4, 0.5) is 13.2 Å². The van der Waals surface area contributed by atoms with E-state index in [1.165, 1.54) is 0 Å². The number of ether oxygens (including phenoxy) is 2. The van der Waals surface area contributed by atoms with Gasteiger partial charge in [0.2, 0.25) is 6.79 Å². The molecule has 1 N–H and O–H groups in total. The van der Waals surface area contributed by atoms with Crippen LogP contribution in [0.5, 0.6) is 11.5 Å². The molecule has 2 aliphatic heterocycles. The minimum absolute atomic E-state index is 0. The maximum Gasteiger partial charge on any atom is 0.389 e. The summed E-state index contributed by atoms with van der Waals surface area (Å²) in [4.78, 5) is 2.11. The third kappa shape index (κ3) is 4.65. The van der Waals surface area contributed by atoms with Crippen LogP contribution in [-0.4, -0.2) is 44.0 Å². The number of alkyl halides is 3. The molecular formula is C15H20ClF3N2O2. The zero-order valence-corrected chi connectivity index (χ0v) is 13.4.